The second-order valence-corrected chi connectivity index (χ2v) is 40.2. The number of aldehydes is 1. The van der Waals surface area contributed by atoms with Crippen LogP contribution < -0.4 is 73.6 Å². The quantitative estimate of drug-likeness (QED) is 0.124. The number of hydrogen-bond donors (Lipinski definition) is 5. The van der Waals surface area contributed by atoms with Gasteiger partial charge in [0.05, 0.1) is 0 Å². The average Bonchev–Trinajstić information content (AvgIpc) is 3.92. The number of ketones is 1. The molecule has 0 saturated heterocycles. The number of aliphatic hydroxyl groups is 5. The normalized spacial score (nSPS) is 16.7. The van der Waals surface area contributed by atoms with Gasteiger partial charge >= 0.3 is 68.9 Å². The topological polar surface area (TPSA) is 135 Å². The van der Waals surface area contributed by atoms with Crippen molar-refractivity contribution < 1.29 is 109 Å². The first-order valence-corrected chi connectivity index (χ1v) is 37.7. The minimum Gasteiger partial charge on any atom is -1.00 e. The monoisotopic (exact) mass is 1070 g/mol. The van der Waals surface area contributed by atoms with Gasteiger partial charge in [-0.05, 0) is 115 Å². The Kier molecular flexibility index (Phi) is 48.0. The molecule has 0 spiro atoms. The van der Waals surface area contributed by atoms with E-state index in [-0.39, 0.29) is 97.7 Å². The van der Waals surface area contributed by atoms with Crippen molar-refractivity contribution in [1.82, 2.24) is 0 Å². The van der Waals surface area contributed by atoms with Crippen LogP contribution in [0.5, 0.6) is 0 Å². The van der Waals surface area contributed by atoms with Crippen LogP contribution in [0.15, 0.2) is 0 Å². The molecule has 0 amide bonds. The van der Waals surface area contributed by atoms with Gasteiger partial charge < -0.3 is 35.0 Å². The molecule has 0 aliphatic heterocycles. The van der Waals surface area contributed by atoms with Gasteiger partial charge in [0.1, 0.15) is 56.9 Å². The second kappa shape index (κ2) is 40.3. The van der Waals surface area contributed by atoms with Crippen LogP contribution in [-0.2, 0) is 9.59 Å². The number of aliphatic hydroxyl groups excluding tert-OH is 5. The molecule has 5 saturated carbocycles. The largest absolute Gasteiger partial charge is 1.00 e. The van der Waals surface area contributed by atoms with E-state index in [2.05, 4.69) is 138 Å². The third kappa shape index (κ3) is 66.8. The smallest absolute Gasteiger partial charge is 1.00 e. The van der Waals surface area contributed by atoms with Gasteiger partial charge in [0.2, 0.25) is 5.78 Å². The molecule has 0 aromatic rings. The van der Waals surface area contributed by atoms with Gasteiger partial charge in [-0.15, -0.1) is 43.6 Å². The zero-order valence-electron chi connectivity index (χ0n) is 42.4. The Balaban J connectivity index is -0.000000148. The molecule has 5 N–H and O–H groups in total. The van der Waals surface area contributed by atoms with Crippen LogP contribution in [0.4, 0.5) is 0 Å². The van der Waals surface area contributed by atoms with Gasteiger partial charge in [0.15, 0.2) is 0 Å². The summed E-state index contributed by atoms with van der Waals surface area (Å²) in [6.45, 7) is 33.8. The van der Waals surface area contributed by atoms with Crippen molar-refractivity contribution in [3.05, 3.63) is 0 Å². The number of carbonyl (C=O) groups is 2. The predicted molar refractivity (Wildman–Crippen MR) is 273 cm³/mol. The van der Waals surface area contributed by atoms with Crippen LogP contribution in [0.2, 0.25) is 78.6 Å². The van der Waals surface area contributed by atoms with E-state index in [9.17, 15) is 19.8 Å². The maximum atomic E-state index is 11.1. The van der Waals surface area contributed by atoms with Gasteiger partial charge in [-0.25, -0.2) is 0 Å². The molecule has 5 rings (SSSR count). The van der Waals surface area contributed by atoms with Crippen LogP contribution in [0, 0.1) is 88.3 Å². The van der Waals surface area contributed by atoms with Crippen LogP contribution in [0.3, 0.4) is 0 Å². The molecule has 0 bridgehead atoms. The molecule has 0 aromatic heterocycles. The summed E-state index contributed by atoms with van der Waals surface area (Å²) < 4.78 is 0. The summed E-state index contributed by atoms with van der Waals surface area (Å²) in [6, 6.07) is 0. The second-order valence-electron chi connectivity index (χ2n) is 20.2. The Labute approximate surface area is 446 Å². The molecule has 0 aromatic carbocycles. The summed E-state index contributed by atoms with van der Waals surface area (Å²) in [4.78, 5) is 20.7. The molecule has 5 fully saturated rings. The SMILES string of the molecule is C#C[C@@H](O)C1CC1.C#C[Si](C)(C)C.CC(C)O.CO.CPC.C[Si](C)(C)C#CC(=O)C1CC1.C[Si](C)(C)C#CC(O)C1CC1.C[Si](C)(C)C#C[C@@H](O)C1CC1.O=CC1CC1.[Cs+].[F-]. The zero-order valence-corrected chi connectivity index (χ0v) is 53.7. The van der Waals surface area contributed by atoms with Crippen LogP contribution >= 0.6 is 8.58 Å². The minimum absolute atomic E-state index is 0. The van der Waals surface area contributed by atoms with Gasteiger partial charge in [-0.3, -0.25) is 4.79 Å². The van der Waals surface area contributed by atoms with Gasteiger partial charge in [0, 0.05) is 25.0 Å². The fraction of sp³-hybridized carbons (Fsp3) is 0.750. The standard InChI is InChI=1S/2C9H16OSi.C9H14OSi.C6H8O.C5H10Si.C4H6O.C3H8O.C2H7P.CH4O.Cs.FH/c3*1-11(2,3)7-6-9(10)8-4-5-8;1-2-6(7)5-3-4-5;1-5-6(2,3)4;5-3-4-1-2-4;1-3(2)4;1-3-2;1-2;;/h2*8-10H,4-5H2,1-3H3;8H,4-5H2,1-3H3;1,5-7H,3-4H2;1H,2-4H3;3-4H,1-2H2;3-4H,1-2H3;3H,1-2H3;2H,1H3;;1H/q;;;;;;;;;+1;/p-1/t9-;;;6-;;;;;;;/m1..1......./s1. The van der Waals surface area contributed by atoms with Gasteiger partial charge in [-0.2, -0.15) is 0 Å². The number of terminal acetylenes is 2. The summed E-state index contributed by atoms with van der Waals surface area (Å²) in [7, 11) is -2.86. The maximum absolute atomic E-state index is 11.1. The van der Waals surface area contributed by atoms with E-state index in [0.717, 1.165) is 60.5 Å². The Morgan fingerprint density at radius 1 is 0.597 bits per heavy atom. The zero-order chi connectivity index (χ0) is 47.9. The molecule has 14 heteroatoms. The molecular formula is C48H89CsFO7PSi4. The summed E-state index contributed by atoms with van der Waals surface area (Å²) in [5.74, 6) is 13.3. The van der Waals surface area contributed by atoms with Crippen molar-refractivity contribution in [2.45, 2.75) is 181 Å². The Hall–Kier alpha value is 0.219. The van der Waals surface area contributed by atoms with Crippen molar-refractivity contribution in [3.8, 4) is 58.7 Å². The van der Waals surface area contributed by atoms with E-state index in [4.69, 9.17) is 28.2 Å². The molecular weight excluding hydrogens is 984 g/mol. The summed E-state index contributed by atoms with van der Waals surface area (Å²) in [6.07, 6.45) is 21.1. The van der Waals surface area contributed by atoms with Crippen molar-refractivity contribution in [2.75, 3.05) is 20.4 Å². The number of Topliss-reactive ketones (excluding diaryl/α,β-unsaturated/α-hetero) is 1. The summed E-state index contributed by atoms with van der Waals surface area (Å²) in [5, 5.41) is 42.6. The fourth-order valence-electron chi connectivity index (χ4n) is 3.12. The van der Waals surface area contributed by atoms with E-state index in [1.54, 1.807) is 13.8 Å². The van der Waals surface area contributed by atoms with Gasteiger partial charge in [-0.1, -0.05) is 96.3 Å². The number of halogens is 1. The molecule has 1 unspecified atom stereocenters. The van der Waals surface area contributed by atoms with E-state index in [0.29, 0.717) is 29.6 Å². The van der Waals surface area contributed by atoms with Crippen molar-refractivity contribution in [1.29, 1.82) is 0 Å². The molecule has 7 nitrogen and oxygen atoms in total. The first-order chi connectivity index (χ1) is 27.4. The first kappa shape index (κ1) is 73.8. The Bertz CT molecular complexity index is 1390. The molecule has 5 aliphatic rings. The predicted octanol–water partition coefficient (Wildman–Crippen LogP) is 2.53. The molecule has 0 heterocycles. The van der Waals surface area contributed by atoms with E-state index in [1.165, 1.54) is 25.7 Å². The van der Waals surface area contributed by atoms with Crippen LogP contribution in [0.1, 0.15) is 78.1 Å². The van der Waals surface area contributed by atoms with Crippen molar-refractivity contribution in [3.63, 3.8) is 0 Å². The molecule has 62 heavy (non-hydrogen) atoms. The molecule has 0 radical (unpaired) electrons. The third-order valence-corrected chi connectivity index (χ3v) is 10.9. The molecule has 3 atom stereocenters. The molecule has 5 aliphatic carbocycles. The minimum atomic E-state index is -1.32. The van der Waals surface area contributed by atoms with E-state index in [1.807, 2.05) is 0 Å². The van der Waals surface area contributed by atoms with E-state index < -0.39 is 38.4 Å². The Morgan fingerprint density at radius 3 is 1.02 bits per heavy atom. The van der Waals surface area contributed by atoms with Crippen molar-refractivity contribution >= 4 is 52.9 Å². The van der Waals surface area contributed by atoms with Crippen LogP contribution in [-0.4, -0.2) is 115 Å². The fourth-order valence-corrected chi connectivity index (χ4v) is 4.78. The van der Waals surface area contributed by atoms with Gasteiger partial charge in [0.25, 0.3) is 0 Å². The summed E-state index contributed by atoms with van der Waals surface area (Å²) in [5.41, 5.74) is 12.2. The van der Waals surface area contributed by atoms with Crippen molar-refractivity contribution in [2.24, 2.45) is 29.6 Å². The van der Waals surface area contributed by atoms with Crippen LogP contribution in [0.25, 0.3) is 0 Å². The summed E-state index contributed by atoms with van der Waals surface area (Å²) >= 11 is 0. The first-order valence-electron chi connectivity index (χ1n) is 21.7. The number of rotatable bonds is 5. The Morgan fingerprint density at radius 2 is 0.871 bits per heavy atom. The molecule has 352 valence electrons. The van der Waals surface area contributed by atoms with E-state index >= 15 is 0 Å². The average molecular weight is 1070 g/mol. The number of hydrogen-bond acceptors (Lipinski definition) is 7. The third-order valence-electron chi connectivity index (χ3n) is 7.32. The number of carbonyl (C=O) groups excluding carboxylic acids is 2. The maximum Gasteiger partial charge on any atom is 1.00 e.